The number of hydrogen-bond donors (Lipinski definition) is 1. The van der Waals surface area contributed by atoms with Crippen LogP contribution in [-0.2, 0) is 0 Å². The summed E-state index contributed by atoms with van der Waals surface area (Å²) >= 11 is 0. The normalized spacial score (nSPS) is 18.8. The Morgan fingerprint density at radius 3 is 2.52 bits per heavy atom. The fourth-order valence-electron chi connectivity index (χ4n) is 2.71. The van der Waals surface area contributed by atoms with Crippen LogP contribution in [0.25, 0.3) is 6.08 Å². The summed E-state index contributed by atoms with van der Waals surface area (Å²) in [7, 11) is 0. The van der Waals surface area contributed by atoms with E-state index in [0.717, 1.165) is 22.3 Å². The number of fused-ring (bicyclic) bond motifs is 1. The molecule has 0 saturated carbocycles. The summed E-state index contributed by atoms with van der Waals surface area (Å²) in [5.74, 6) is 0.107. The highest BCUT2D eigenvalue weighted by molar-refractivity contribution is 6.16. The first-order valence-electron chi connectivity index (χ1n) is 7.06. The lowest BCUT2D eigenvalue weighted by Gasteiger charge is -2.14. The van der Waals surface area contributed by atoms with Gasteiger partial charge in [0.25, 0.3) is 0 Å². The van der Waals surface area contributed by atoms with E-state index < -0.39 is 0 Å². The summed E-state index contributed by atoms with van der Waals surface area (Å²) in [5.41, 5.74) is 3.68. The zero-order chi connectivity index (χ0) is 14.7. The lowest BCUT2D eigenvalue weighted by atomic mass is 10.0. The molecule has 1 atom stereocenters. The van der Waals surface area contributed by atoms with E-state index >= 15 is 0 Å². The second kappa shape index (κ2) is 5.90. The quantitative estimate of drug-likeness (QED) is 0.679. The van der Waals surface area contributed by atoms with Gasteiger partial charge in [-0.1, -0.05) is 60.7 Å². The second-order valence-corrected chi connectivity index (χ2v) is 5.06. The lowest BCUT2D eigenvalue weighted by molar-refractivity contribution is 0.103. The molecule has 0 fully saturated rings. The summed E-state index contributed by atoms with van der Waals surface area (Å²) in [5, 5.41) is 3.38. The summed E-state index contributed by atoms with van der Waals surface area (Å²) in [6.45, 7) is 4.40. The number of benzene rings is 2. The van der Waals surface area contributed by atoms with E-state index in [0.29, 0.717) is 6.54 Å². The SMILES string of the molecule is C=CCNC1C(=Cc2ccccc2)C(=O)c2ccccc21. The molecule has 0 aliphatic heterocycles. The van der Waals surface area contributed by atoms with E-state index in [9.17, 15) is 4.79 Å². The third kappa shape index (κ3) is 2.58. The molecule has 2 aromatic carbocycles. The minimum absolute atomic E-state index is 0.0630. The van der Waals surface area contributed by atoms with Gasteiger partial charge in [0.05, 0.1) is 6.04 Å². The van der Waals surface area contributed by atoms with Gasteiger partial charge in [-0.25, -0.2) is 0 Å². The Balaban J connectivity index is 2.05. The van der Waals surface area contributed by atoms with Crippen molar-refractivity contribution in [3.05, 3.63) is 89.5 Å². The largest absolute Gasteiger partial charge is 0.303 e. The third-order valence-corrected chi connectivity index (χ3v) is 3.68. The van der Waals surface area contributed by atoms with Gasteiger partial charge in [0, 0.05) is 17.7 Å². The second-order valence-electron chi connectivity index (χ2n) is 5.06. The maximum atomic E-state index is 12.6. The molecule has 0 saturated heterocycles. The van der Waals surface area contributed by atoms with Crippen LogP contribution < -0.4 is 5.32 Å². The van der Waals surface area contributed by atoms with Crippen molar-refractivity contribution < 1.29 is 4.79 Å². The topological polar surface area (TPSA) is 29.1 Å². The first-order valence-corrected chi connectivity index (χ1v) is 7.06. The number of ketones is 1. The molecule has 0 aromatic heterocycles. The summed E-state index contributed by atoms with van der Waals surface area (Å²) < 4.78 is 0. The van der Waals surface area contributed by atoms with Crippen LogP contribution in [0.5, 0.6) is 0 Å². The molecule has 1 N–H and O–H groups in total. The highest BCUT2D eigenvalue weighted by atomic mass is 16.1. The highest BCUT2D eigenvalue weighted by Crippen LogP contribution is 2.36. The molecule has 0 radical (unpaired) electrons. The van der Waals surface area contributed by atoms with Gasteiger partial charge in [0.1, 0.15) is 0 Å². The van der Waals surface area contributed by atoms with Crippen LogP contribution >= 0.6 is 0 Å². The zero-order valence-corrected chi connectivity index (χ0v) is 11.8. The van der Waals surface area contributed by atoms with Crippen LogP contribution in [0.1, 0.15) is 27.5 Å². The number of hydrogen-bond acceptors (Lipinski definition) is 2. The minimum Gasteiger partial charge on any atom is -0.303 e. The van der Waals surface area contributed by atoms with E-state index in [4.69, 9.17) is 0 Å². The number of carbonyl (C=O) groups is 1. The van der Waals surface area contributed by atoms with E-state index in [1.807, 2.05) is 66.7 Å². The van der Waals surface area contributed by atoms with Gasteiger partial charge >= 0.3 is 0 Å². The van der Waals surface area contributed by atoms with E-state index in [-0.39, 0.29) is 11.8 Å². The minimum atomic E-state index is -0.0630. The zero-order valence-electron chi connectivity index (χ0n) is 11.8. The predicted octanol–water partition coefficient (Wildman–Crippen LogP) is 3.78. The molecule has 0 heterocycles. The molecule has 0 amide bonds. The smallest absolute Gasteiger partial charge is 0.191 e. The highest BCUT2D eigenvalue weighted by Gasteiger charge is 2.33. The third-order valence-electron chi connectivity index (χ3n) is 3.68. The number of carbonyl (C=O) groups excluding carboxylic acids is 1. The average molecular weight is 275 g/mol. The summed E-state index contributed by atoms with van der Waals surface area (Å²) in [6, 6.07) is 17.7. The molecule has 1 aliphatic carbocycles. The van der Waals surface area contributed by atoms with E-state index in [2.05, 4.69) is 11.9 Å². The Hall–Kier alpha value is -2.45. The number of nitrogens with one attached hydrogen (secondary N) is 1. The van der Waals surface area contributed by atoms with E-state index in [1.54, 1.807) is 0 Å². The van der Waals surface area contributed by atoms with Crippen molar-refractivity contribution in [2.24, 2.45) is 0 Å². The molecule has 1 aliphatic rings. The van der Waals surface area contributed by atoms with Crippen molar-refractivity contribution in [1.82, 2.24) is 5.32 Å². The van der Waals surface area contributed by atoms with Crippen LogP contribution in [0.2, 0.25) is 0 Å². The Labute approximate surface area is 124 Å². The molecule has 1 unspecified atom stereocenters. The van der Waals surface area contributed by atoms with Crippen molar-refractivity contribution in [3.63, 3.8) is 0 Å². The summed E-state index contributed by atoms with van der Waals surface area (Å²) in [4.78, 5) is 12.6. The van der Waals surface area contributed by atoms with Crippen molar-refractivity contribution in [1.29, 1.82) is 0 Å². The Kier molecular flexibility index (Phi) is 3.80. The van der Waals surface area contributed by atoms with Crippen molar-refractivity contribution in [2.45, 2.75) is 6.04 Å². The average Bonchev–Trinajstić information content (AvgIpc) is 2.79. The van der Waals surface area contributed by atoms with E-state index in [1.165, 1.54) is 0 Å². The Morgan fingerprint density at radius 2 is 1.76 bits per heavy atom. The fourth-order valence-corrected chi connectivity index (χ4v) is 2.71. The fraction of sp³-hybridized carbons (Fsp3) is 0.105. The standard InChI is InChI=1S/C19H17NO/c1-2-12-20-18-15-10-6-7-11-16(15)19(21)17(18)13-14-8-4-3-5-9-14/h2-11,13,18,20H,1,12H2. The van der Waals surface area contributed by atoms with Gasteiger partial charge in [-0.3, -0.25) is 4.79 Å². The Bertz CT molecular complexity index is 701. The van der Waals surface area contributed by atoms with Gasteiger partial charge in [-0.05, 0) is 17.2 Å². The lowest BCUT2D eigenvalue weighted by Crippen LogP contribution is -2.21. The number of Topliss-reactive ketones (excluding diaryl/α,β-unsaturated/α-hetero) is 1. The molecule has 2 aromatic rings. The number of rotatable bonds is 4. The monoisotopic (exact) mass is 275 g/mol. The van der Waals surface area contributed by atoms with Gasteiger partial charge in [-0.2, -0.15) is 0 Å². The molecular formula is C19H17NO. The van der Waals surface area contributed by atoms with Crippen LogP contribution in [0.4, 0.5) is 0 Å². The molecule has 2 heteroatoms. The first-order chi connectivity index (χ1) is 10.3. The van der Waals surface area contributed by atoms with Gasteiger partial charge in [0.15, 0.2) is 5.78 Å². The maximum Gasteiger partial charge on any atom is 0.191 e. The van der Waals surface area contributed by atoms with Crippen LogP contribution in [0.3, 0.4) is 0 Å². The van der Waals surface area contributed by atoms with Crippen molar-refractivity contribution in [2.75, 3.05) is 6.54 Å². The van der Waals surface area contributed by atoms with Crippen molar-refractivity contribution in [3.8, 4) is 0 Å². The maximum absolute atomic E-state index is 12.6. The van der Waals surface area contributed by atoms with Crippen LogP contribution in [0.15, 0.2) is 72.8 Å². The molecule has 0 spiro atoms. The molecule has 104 valence electrons. The van der Waals surface area contributed by atoms with Gasteiger partial charge in [-0.15, -0.1) is 6.58 Å². The molecule has 0 bridgehead atoms. The summed E-state index contributed by atoms with van der Waals surface area (Å²) in [6.07, 6.45) is 3.79. The molecule has 2 nitrogen and oxygen atoms in total. The molecular weight excluding hydrogens is 258 g/mol. The van der Waals surface area contributed by atoms with Crippen LogP contribution in [0, 0.1) is 0 Å². The van der Waals surface area contributed by atoms with Gasteiger partial charge in [0.2, 0.25) is 0 Å². The predicted molar refractivity (Wildman–Crippen MR) is 86.1 cm³/mol. The van der Waals surface area contributed by atoms with Gasteiger partial charge < -0.3 is 5.32 Å². The van der Waals surface area contributed by atoms with Crippen LogP contribution in [-0.4, -0.2) is 12.3 Å². The Morgan fingerprint density at radius 1 is 1.05 bits per heavy atom. The van der Waals surface area contributed by atoms with Crippen molar-refractivity contribution >= 4 is 11.9 Å². The first kappa shape index (κ1) is 13.5. The molecule has 3 rings (SSSR count). The molecule has 21 heavy (non-hydrogen) atoms.